The number of thiazole rings is 1. The molecule has 2 aromatic carbocycles. The molecule has 0 atom stereocenters. The van der Waals surface area contributed by atoms with Gasteiger partial charge in [0.25, 0.3) is 5.91 Å². The predicted molar refractivity (Wildman–Crippen MR) is 99.3 cm³/mol. The van der Waals surface area contributed by atoms with Crippen molar-refractivity contribution >= 4 is 33.8 Å². The average molecular weight is 373 g/mol. The van der Waals surface area contributed by atoms with Gasteiger partial charge in [-0.15, -0.1) is 11.3 Å². The summed E-state index contributed by atoms with van der Waals surface area (Å²) in [6, 6.07) is 10.9. The van der Waals surface area contributed by atoms with Crippen molar-refractivity contribution in [2.75, 3.05) is 24.9 Å². The van der Waals surface area contributed by atoms with Crippen LogP contribution in [0.5, 0.6) is 11.5 Å². The van der Waals surface area contributed by atoms with Gasteiger partial charge in [0.1, 0.15) is 11.5 Å². The lowest BCUT2D eigenvalue weighted by molar-refractivity contribution is 0.102. The van der Waals surface area contributed by atoms with Gasteiger partial charge >= 0.3 is 0 Å². The molecule has 6 nitrogen and oxygen atoms in total. The van der Waals surface area contributed by atoms with Gasteiger partial charge in [0, 0.05) is 22.8 Å². The molecule has 0 aliphatic rings. The molecule has 1 aromatic heterocycles. The van der Waals surface area contributed by atoms with E-state index in [0.717, 1.165) is 5.69 Å². The first kappa shape index (κ1) is 17.7. The summed E-state index contributed by atoms with van der Waals surface area (Å²) in [5, 5.41) is 7.99. The van der Waals surface area contributed by atoms with E-state index >= 15 is 0 Å². The highest BCUT2D eigenvalue weighted by Gasteiger charge is 2.12. The Morgan fingerprint density at radius 3 is 2.42 bits per heavy atom. The minimum Gasteiger partial charge on any atom is -0.493 e. The molecule has 0 saturated heterocycles. The number of hydrogen-bond donors (Lipinski definition) is 2. The van der Waals surface area contributed by atoms with Gasteiger partial charge in [-0.2, -0.15) is 0 Å². The molecule has 1 heterocycles. The van der Waals surface area contributed by atoms with Crippen LogP contribution in [0.15, 0.2) is 47.8 Å². The second-order valence-corrected chi connectivity index (χ2v) is 6.05. The van der Waals surface area contributed by atoms with Crippen molar-refractivity contribution in [3.8, 4) is 11.5 Å². The number of carbonyl (C=O) groups is 1. The van der Waals surface area contributed by atoms with E-state index in [1.165, 1.54) is 35.6 Å². The van der Waals surface area contributed by atoms with Crippen molar-refractivity contribution in [3.05, 3.63) is 59.4 Å². The number of nitrogens with zero attached hydrogens (tertiary/aromatic N) is 1. The summed E-state index contributed by atoms with van der Waals surface area (Å²) in [5.74, 6) is 0.478. The highest BCUT2D eigenvalue weighted by molar-refractivity contribution is 7.14. The van der Waals surface area contributed by atoms with Crippen LogP contribution in [0, 0.1) is 5.82 Å². The van der Waals surface area contributed by atoms with Gasteiger partial charge in [0.05, 0.1) is 14.2 Å². The molecule has 2 N–H and O–H groups in total. The van der Waals surface area contributed by atoms with Crippen LogP contribution in [-0.2, 0) is 0 Å². The number of ether oxygens (including phenoxy) is 2. The van der Waals surface area contributed by atoms with Crippen molar-refractivity contribution < 1.29 is 18.7 Å². The number of halogens is 1. The Hall–Kier alpha value is -3.13. The van der Waals surface area contributed by atoms with Gasteiger partial charge in [-0.05, 0) is 36.4 Å². The second kappa shape index (κ2) is 7.83. The summed E-state index contributed by atoms with van der Waals surface area (Å²) >= 11 is 1.29. The Bertz CT molecular complexity index is 912. The van der Waals surface area contributed by atoms with Crippen LogP contribution in [0.4, 0.5) is 20.9 Å². The van der Waals surface area contributed by atoms with Gasteiger partial charge < -0.3 is 20.1 Å². The van der Waals surface area contributed by atoms with Crippen molar-refractivity contribution in [1.29, 1.82) is 0 Å². The van der Waals surface area contributed by atoms with E-state index in [9.17, 15) is 9.18 Å². The van der Waals surface area contributed by atoms with Crippen LogP contribution < -0.4 is 20.1 Å². The van der Waals surface area contributed by atoms with Crippen molar-refractivity contribution in [2.45, 2.75) is 0 Å². The number of hydrogen-bond acceptors (Lipinski definition) is 6. The van der Waals surface area contributed by atoms with E-state index < -0.39 is 0 Å². The van der Waals surface area contributed by atoms with Gasteiger partial charge in [-0.25, -0.2) is 9.37 Å². The fourth-order valence-corrected chi connectivity index (χ4v) is 2.91. The number of nitrogens with one attached hydrogen (secondary N) is 2. The number of rotatable bonds is 6. The maximum absolute atomic E-state index is 12.9. The normalized spacial score (nSPS) is 10.3. The molecular weight excluding hydrogens is 357 g/mol. The smallest absolute Gasteiger partial charge is 0.275 e. The summed E-state index contributed by atoms with van der Waals surface area (Å²) in [6.45, 7) is 0. The Labute approximate surface area is 153 Å². The SMILES string of the molecule is COc1ccc(Nc2nc(C(=O)Nc3ccc(F)cc3)cs2)cc1OC. The lowest BCUT2D eigenvalue weighted by Crippen LogP contribution is -2.12. The fraction of sp³-hybridized carbons (Fsp3) is 0.111. The van der Waals surface area contributed by atoms with Crippen LogP contribution in [-0.4, -0.2) is 25.1 Å². The first-order valence-corrected chi connectivity index (χ1v) is 8.48. The first-order chi connectivity index (χ1) is 12.6. The molecule has 3 aromatic rings. The molecule has 0 fully saturated rings. The minimum absolute atomic E-state index is 0.266. The molecule has 0 unspecified atom stereocenters. The lowest BCUT2D eigenvalue weighted by atomic mass is 10.3. The van der Waals surface area contributed by atoms with E-state index in [4.69, 9.17) is 9.47 Å². The summed E-state index contributed by atoms with van der Waals surface area (Å²) in [6.07, 6.45) is 0. The maximum Gasteiger partial charge on any atom is 0.275 e. The fourth-order valence-electron chi connectivity index (χ4n) is 2.20. The summed E-state index contributed by atoms with van der Waals surface area (Å²) < 4.78 is 23.4. The Kier molecular flexibility index (Phi) is 5.33. The zero-order valence-electron chi connectivity index (χ0n) is 14.1. The van der Waals surface area contributed by atoms with E-state index in [1.54, 1.807) is 31.7 Å². The molecular formula is C18H16FN3O3S. The van der Waals surface area contributed by atoms with E-state index in [1.807, 2.05) is 6.07 Å². The van der Waals surface area contributed by atoms with Gasteiger partial charge in [0.15, 0.2) is 16.6 Å². The molecule has 0 radical (unpaired) electrons. The van der Waals surface area contributed by atoms with Crippen LogP contribution in [0.3, 0.4) is 0 Å². The molecule has 26 heavy (non-hydrogen) atoms. The third-order valence-electron chi connectivity index (χ3n) is 3.47. The quantitative estimate of drug-likeness (QED) is 0.674. The average Bonchev–Trinajstić information content (AvgIpc) is 3.12. The van der Waals surface area contributed by atoms with Crippen LogP contribution in [0.1, 0.15) is 10.5 Å². The number of carbonyl (C=O) groups excluding carboxylic acids is 1. The van der Waals surface area contributed by atoms with Crippen molar-refractivity contribution in [2.24, 2.45) is 0 Å². The molecule has 1 amide bonds. The number of methoxy groups -OCH3 is 2. The maximum atomic E-state index is 12.9. The van der Waals surface area contributed by atoms with E-state index in [0.29, 0.717) is 22.3 Å². The van der Waals surface area contributed by atoms with Gasteiger partial charge in [-0.1, -0.05) is 0 Å². The lowest BCUT2D eigenvalue weighted by Gasteiger charge is -2.09. The third-order valence-corrected chi connectivity index (χ3v) is 4.23. The topological polar surface area (TPSA) is 72.5 Å². The number of amides is 1. The zero-order chi connectivity index (χ0) is 18.5. The van der Waals surface area contributed by atoms with Crippen LogP contribution in [0.2, 0.25) is 0 Å². The largest absolute Gasteiger partial charge is 0.493 e. The highest BCUT2D eigenvalue weighted by atomic mass is 32.1. The zero-order valence-corrected chi connectivity index (χ0v) is 14.9. The molecule has 0 bridgehead atoms. The van der Waals surface area contributed by atoms with E-state index in [-0.39, 0.29) is 17.4 Å². The molecule has 0 aliphatic heterocycles. The molecule has 8 heteroatoms. The van der Waals surface area contributed by atoms with E-state index in [2.05, 4.69) is 15.6 Å². The highest BCUT2D eigenvalue weighted by Crippen LogP contribution is 2.31. The third kappa shape index (κ3) is 4.09. The molecule has 3 rings (SSSR count). The van der Waals surface area contributed by atoms with Gasteiger partial charge in [-0.3, -0.25) is 4.79 Å². The first-order valence-electron chi connectivity index (χ1n) is 7.60. The molecule has 0 saturated carbocycles. The monoisotopic (exact) mass is 373 g/mol. The summed E-state index contributed by atoms with van der Waals surface area (Å²) in [4.78, 5) is 16.5. The Morgan fingerprint density at radius 1 is 1.04 bits per heavy atom. The summed E-state index contributed by atoms with van der Waals surface area (Å²) in [7, 11) is 3.13. The van der Waals surface area contributed by atoms with Gasteiger partial charge in [0.2, 0.25) is 0 Å². The van der Waals surface area contributed by atoms with Crippen molar-refractivity contribution in [1.82, 2.24) is 4.98 Å². The molecule has 0 spiro atoms. The molecule has 0 aliphatic carbocycles. The van der Waals surface area contributed by atoms with Crippen LogP contribution >= 0.6 is 11.3 Å². The van der Waals surface area contributed by atoms with Crippen molar-refractivity contribution in [3.63, 3.8) is 0 Å². The number of anilines is 3. The number of aromatic nitrogens is 1. The minimum atomic E-state index is -0.367. The van der Waals surface area contributed by atoms with Crippen LogP contribution in [0.25, 0.3) is 0 Å². The Balaban J connectivity index is 1.69. The molecule has 134 valence electrons. The Morgan fingerprint density at radius 2 is 1.73 bits per heavy atom. The second-order valence-electron chi connectivity index (χ2n) is 5.19. The summed E-state index contributed by atoms with van der Waals surface area (Å²) in [5.41, 5.74) is 1.52. The number of benzene rings is 2. The predicted octanol–water partition coefficient (Wildman–Crippen LogP) is 4.30. The standard InChI is InChI=1S/C18H16FN3O3S/c1-24-15-8-7-13(9-16(15)25-2)21-18-22-14(10-26-18)17(23)20-12-5-3-11(19)4-6-12/h3-10H,1-2H3,(H,20,23)(H,21,22).